The van der Waals surface area contributed by atoms with Crippen molar-refractivity contribution < 1.29 is 14.3 Å². The molecule has 0 unspecified atom stereocenters. The van der Waals surface area contributed by atoms with Gasteiger partial charge in [-0.1, -0.05) is 67.4 Å². The zero-order chi connectivity index (χ0) is 18.7. The number of hydrogen-bond acceptors (Lipinski definition) is 3. The van der Waals surface area contributed by atoms with Crippen molar-refractivity contribution in [2.45, 2.75) is 44.1 Å². The number of esters is 1. The van der Waals surface area contributed by atoms with Gasteiger partial charge in [0.2, 0.25) is 0 Å². The first-order valence-electron chi connectivity index (χ1n) is 9.76. The third-order valence-corrected chi connectivity index (χ3v) is 5.98. The molecule has 1 aliphatic carbocycles. The zero-order valence-corrected chi connectivity index (χ0v) is 15.5. The molecule has 1 fully saturated rings. The first kappa shape index (κ1) is 17.8. The van der Waals surface area contributed by atoms with E-state index >= 15 is 0 Å². The van der Waals surface area contributed by atoms with Crippen molar-refractivity contribution in [2.75, 3.05) is 13.2 Å². The molecule has 1 aliphatic heterocycles. The first-order valence-corrected chi connectivity index (χ1v) is 9.76. The third kappa shape index (κ3) is 3.48. The number of ether oxygens (including phenoxy) is 1. The summed E-state index contributed by atoms with van der Waals surface area (Å²) in [6.07, 6.45) is 4.47. The van der Waals surface area contributed by atoms with Crippen LogP contribution in [-0.4, -0.2) is 29.9 Å². The lowest BCUT2D eigenvalue weighted by atomic mass is 9.79. The second kappa shape index (κ2) is 7.55. The van der Waals surface area contributed by atoms with E-state index in [2.05, 4.69) is 12.1 Å². The number of carbonyl (C=O) groups is 2. The standard InChI is InChI=1S/C23H25NO3/c25-21(24-15-12-18-8-4-5-9-19(18)16-24)17-27-22(26)23(13-6-7-14-23)20-10-2-1-3-11-20/h1-5,8-11H,6-7,12-17H2. The van der Waals surface area contributed by atoms with Crippen LogP contribution < -0.4 is 0 Å². The molecule has 4 nitrogen and oxygen atoms in total. The molecule has 1 amide bonds. The smallest absolute Gasteiger partial charge is 0.317 e. The Bertz CT molecular complexity index is 825. The molecule has 0 N–H and O–H groups in total. The maximum Gasteiger partial charge on any atom is 0.317 e. The Morgan fingerprint density at radius 2 is 1.59 bits per heavy atom. The molecule has 2 aromatic carbocycles. The Morgan fingerprint density at radius 3 is 2.33 bits per heavy atom. The topological polar surface area (TPSA) is 46.6 Å². The van der Waals surface area contributed by atoms with Crippen LogP contribution in [0.3, 0.4) is 0 Å². The largest absolute Gasteiger partial charge is 0.455 e. The minimum Gasteiger partial charge on any atom is -0.455 e. The number of benzene rings is 2. The molecule has 4 heteroatoms. The average Bonchev–Trinajstić information content (AvgIpc) is 3.23. The van der Waals surface area contributed by atoms with Crippen molar-refractivity contribution in [1.29, 1.82) is 0 Å². The Morgan fingerprint density at radius 1 is 0.926 bits per heavy atom. The molecule has 0 aromatic heterocycles. The highest BCUT2D eigenvalue weighted by Crippen LogP contribution is 2.42. The van der Waals surface area contributed by atoms with Gasteiger partial charge in [0.1, 0.15) is 0 Å². The van der Waals surface area contributed by atoms with Crippen molar-refractivity contribution in [2.24, 2.45) is 0 Å². The van der Waals surface area contributed by atoms with Gasteiger partial charge >= 0.3 is 5.97 Å². The summed E-state index contributed by atoms with van der Waals surface area (Å²) < 4.78 is 5.56. The highest BCUT2D eigenvalue weighted by molar-refractivity contribution is 5.86. The maximum atomic E-state index is 13.0. The van der Waals surface area contributed by atoms with E-state index in [9.17, 15) is 9.59 Å². The zero-order valence-electron chi connectivity index (χ0n) is 15.5. The third-order valence-electron chi connectivity index (χ3n) is 5.98. The summed E-state index contributed by atoms with van der Waals surface area (Å²) in [6.45, 7) is 1.10. The van der Waals surface area contributed by atoms with Gasteiger partial charge in [-0.3, -0.25) is 9.59 Å². The summed E-state index contributed by atoms with van der Waals surface area (Å²) in [5, 5.41) is 0. The monoisotopic (exact) mass is 363 g/mol. The van der Waals surface area contributed by atoms with Gasteiger partial charge in [0.25, 0.3) is 5.91 Å². The number of fused-ring (bicyclic) bond motifs is 1. The fourth-order valence-electron chi connectivity index (χ4n) is 4.41. The minimum atomic E-state index is -0.587. The number of hydrogen-bond donors (Lipinski definition) is 0. The molecule has 0 atom stereocenters. The molecule has 4 rings (SSSR count). The second-order valence-corrected chi connectivity index (χ2v) is 7.57. The number of carbonyl (C=O) groups excluding carboxylic acids is 2. The summed E-state index contributed by atoms with van der Waals surface area (Å²) >= 11 is 0. The molecule has 0 spiro atoms. The molecule has 140 valence electrons. The van der Waals surface area contributed by atoms with Crippen LogP contribution in [0.1, 0.15) is 42.4 Å². The second-order valence-electron chi connectivity index (χ2n) is 7.57. The molecule has 0 bridgehead atoms. The normalized spacial score (nSPS) is 18.0. The van der Waals surface area contributed by atoms with E-state index in [1.54, 1.807) is 4.90 Å². The predicted octanol–water partition coefficient (Wildman–Crippen LogP) is 3.63. The Kier molecular flexibility index (Phi) is 4.97. The van der Waals surface area contributed by atoms with Crippen LogP contribution in [0, 0.1) is 0 Å². The van der Waals surface area contributed by atoms with Crippen LogP contribution in [0.5, 0.6) is 0 Å². The van der Waals surface area contributed by atoms with Crippen LogP contribution in [0.4, 0.5) is 0 Å². The Hall–Kier alpha value is -2.62. The van der Waals surface area contributed by atoms with Crippen molar-refractivity contribution in [1.82, 2.24) is 4.90 Å². The summed E-state index contributed by atoms with van der Waals surface area (Å²) in [4.78, 5) is 27.4. The van der Waals surface area contributed by atoms with Gasteiger partial charge in [0.15, 0.2) is 6.61 Å². The highest BCUT2D eigenvalue weighted by Gasteiger charge is 2.44. The van der Waals surface area contributed by atoms with Crippen molar-refractivity contribution >= 4 is 11.9 Å². The van der Waals surface area contributed by atoms with Crippen molar-refractivity contribution in [3.05, 3.63) is 71.3 Å². The minimum absolute atomic E-state index is 0.112. The lowest BCUT2D eigenvalue weighted by Gasteiger charge is -2.30. The van der Waals surface area contributed by atoms with Gasteiger partial charge in [-0.2, -0.15) is 0 Å². The fourth-order valence-corrected chi connectivity index (χ4v) is 4.41. The molecule has 2 aliphatic rings. The van der Waals surface area contributed by atoms with Gasteiger partial charge in [0.05, 0.1) is 5.41 Å². The van der Waals surface area contributed by atoms with Gasteiger partial charge in [-0.15, -0.1) is 0 Å². The molecule has 0 radical (unpaired) electrons. The summed E-state index contributed by atoms with van der Waals surface area (Å²) in [7, 11) is 0. The van der Waals surface area contributed by atoms with Crippen LogP contribution in [-0.2, 0) is 32.7 Å². The molecular formula is C23H25NO3. The fraction of sp³-hybridized carbons (Fsp3) is 0.391. The van der Waals surface area contributed by atoms with E-state index < -0.39 is 5.41 Å². The van der Waals surface area contributed by atoms with Gasteiger partial charge in [0, 0.05) is 13.1 Å². The van der Waals surface area contributed by atoms with Gasteiger partial charge in [-0.25, -0.2) is 0 Å². The summed E-state index contributed by atoms with van der Waals surface area (Å²) in [5.41, 5.74) is 2.90. The van der Waals surface area contributed by atoms with Crippen molar-refractivity contribution in [3.63, 3.8) is 0 Å². The predicted molar refractivity (Wildman–Crippen MR) is 103 cm³/mol. The molecular weight excluding hydrogens is 338 g/mol. The van der Waals surface area contributed by atoms with Crippen LogP contribution >= 0.6 is 0 Å². The summed E-state index contributed by atoms with van der Waals surface area (Å²) in [6, 6.07) is 18.1. The molecule has 0 saturated heterocycles. The van der Waals surface area contributed by atoms with Crippen LogP contribution in [0.2, 0.25) is 0 Å². The lowest BCUT2D eigenvalue weighted by Crippen LogP contribution is -2.41. The maximum absolute atomic E-state index is 13.0. The molecule has 1 heterocycles. The van der Waals surface area contributed by atoms with E-state index in [1.807, 2.05) is 42.5 Å². The van der Waals surface area contributed by atoms with Crippen LogP contribution in [0.15, 0.2) is 54.6 Å². The average molecular weight is 363 g/mol. The van der Waals surface area contributed by atoms with Gasteiger partial charge < -0.3 is 9.64 Å². The van der Waals surface area contributed by atoms with Crippen LogP contribution in [0.25, 0.3) is 0 Å². The van der Waals surface area contributed by atoms with E-state index in [1.165, 1.54) is 11.1 Å². The molecule has 1 saturated carbocycles. The highest BCUT2D eigenvalue weighted by atomic mass is 16.5. The van der Waals surface area contributed by atoms with Gasteiger partial charge in [-0.05, 0) is 36.0 Å². The van der Waals surface area contributed by atoms with E-state index in [0.29, 0.717) is 13.1 Å². The van der Waals surface area contributed by atoms with Crippen molar-refractivity contribution in [3.8, 4) is 0 Å². The SMILES string of the molecule is O=C(COC(=O)C1(c2ccccc2)CCCC1)N1CCc2ccccc2C1. The number of amides is 1. The quantitative estimate of drug-likeness (QED) is 0.780. The Labute approximate surface area is 160 Å². The molecule has 2 aromatic rings. The number of nitrogens with zero attached hydrogens (tertiary/aromatic N) is 1. The summed E-state index contributed by atoms with van der Waals surface area (Å²) in [5.74, 6) is -0.365. The van der Waals surface area contributed by atoms with E-state index in [-0.39, 0.29) is 18.5 Å². The van der Waals surface area contributed by atoms with E-state index in [0.717, 1.165) is 37.7 Å². The Balaban J connectivity index is 1.41. The molecule has 27 heavy (non-hydrogen) atoms. The van der Waals surface area contributed by atoms with E-state index in [4.69, 9.17) is 4.74 Å². The first-order chi connectivity index (χ1) is 13.2. The lowest BCUT2D eigenvalue weighted by molar-refractivity contribution is -0.157. The number of rotatable bonds is 4.